The lowest BCUT2D eigenvalue weighted by Crippen LogP contribution is -2.33. The maximum absolute atomic E-state index is 12.3. The number of hydrogen-bond donors (Lipinski definition) is 1. The molecule has 0 amide bonds. The molecule has 0 fully saturated rings. The highest BCUT2D eigenvalue weighted by Gasteiger charge is 2.37. The van der Waals surface area contributed by atoms with E-state index in [1.54, 1.807) is 0 Å². The maximum Gasteiger partial charge on any atom is 0.220 e. The van der Waals surface area contributed by atoms with Gasteiger partial charge in [0.25, 0.3) is 0 Å². The van der Waals surface area contributed by atoms with Crippen LogP contribution in [-0.4, -0.2) is 5.11 Å². The third kappa shape index (κ3) is 5.47. The minimum Gasteiger partial charge on any atom is -0.358 e. The van der Waals surface area contributed by atoms with Crippen LogP contribution in [-0.2, 0) is 23.4 Å². The van der Waals surface area contributed by atoms with Gasteiger partial charge in [0.05, 0.1) is 0 Å². The average molecular weight is 451 g/mol. The van der Waals surface area contributed by atoms with Gasteiger partial charge in [0.15, 0.2) is 0 Å². The van der Waals surface area contributed by atoms with E-state index in [0.29, 0.717) is 0 Å². The van der Waals surface area contributed by atoms with E-state index >= 15 is 0 Å². The molecule has 0 saturated heterocycles. The third-order valence-electron chi connectivity index (χ3n) is 6.26. The molecule has 0 unspecified atom stereocenters. The first-order chi connectivity index (χ1) is 16.6. The van der Waals surface area contributed by atoms with Crippen LogP contribution in [0.3, 0.4) is 0 Å². The van der Waals surface area contributed by atoms with Crippen molar-refractivity contribution in [2.45, 2.75) is 51.4 Å². The molecule has 0 aliphatic rings. The number of aryl methyl sites for hydroxylation is 2. The number of ether oxygens (including phenoxy) is 1. The predicted molar refractivity (Wildman–Crippen MR) is 140 cm³/mol. The van der Waals surface area contributed by atoms with Crippen LogP contribution >= 0.6 is 0 Å². The quantitative estimate of drug-likeness (QED) is 0.252. The molecule has 0 bridgehead atoms. The van der Waals surface area contributed by atoms with E-state index in [9.17, 15) is 5.11 Å². The fraction of sp³-hybridized carbons (Fsp3) is 0.250. The van der Waals surface area contributed by atoms with Crippen molar-refractivity contribution in [3.63, 3.8) is 0 Å². The largest absolute Gasteiger partial charge is 0.358 e. The monoisotopic (exact) mass is 450 g/mol. The van der Waals surface area contributed by atoms with Crippen molar-refractivity contribution in [1.29, 1.82) is 0 Å². The lowest BCUT2D eigenvalue weighted by molar-refractivity contribution is -0.203. The summed E-state index contributed by atoms with van der Waals surface area (Å²) < 4.78 is 6.74. The second-order valence-corrected chi connectivity index (χ2v) is 8.86. The molecule has 0 aliphatic heterocycles. The van der Waals surface area contributed by atoms with Crippen LogP contribution in [0.1, 0.15) is 66.2 Å². The molecule has 4 aromatic carbocycles. The fourth-order valence-corrected chi connectivity index (χ4v) is 4.43. The Bertz CT molecular complexity index is 1040. The lowest BCUT2D eigenvalue weighted by atomic mass is 9.93. The van der Waals surface area contributed by atoms with E-state index < -0.39 is 11.9 Å². The summed E-state index contributed by atoms with van der Waals surface area (Å²) in [5.74, 6) is -1.61. The maximum atomic E-state index is 12.3. The SMILES string of the molecule is CCCc1ccc(C(O)(OC(c2ccccc2)c2ccccc2)c2ccc(CCC)cc2)cc1. The van der Waals surface area contributed by atoms with E-state index in [2.05, 4.69) is 38.1 Å². The van der Waals surface area contributed by atoms with Crippen molar-refractivity contribution in [1.82, 2.24) is 0 Å². The van der Waals surface area contributed by atoms with E-state index in [4.69, 9.17) is 4.74 Å². The average Bonchev–Trinajstić information content (AvgIpc) is 2.89. The van der Waals surface area contributed by atoms with Crippen LogP contribution in [0.5, 0.6) is 0 Å². The van der Waals surface area contributed by atoms with Crippen molar-refractivity contribution in [3.05, 3.63) is 143 Å². The van der Waals surface area contributed by atoms with Gasteiger partial charge in [0.2, 0.25) is 5.79 Å². The molecule has 0 heterocycles. The normalized spacial score (nSPS) is 11.6. The van der Waals surface area contributed by atoms with Gasteiger partial charge in [-0.1, -0.05) is 136 Å². The second-order valence-electron chi connectivity index (χ2n) is 8.86. The Morgan fingerprint density at radius 2 is 0.971 bits per heavy atom. The number of hydrogen-bond acceptors (Lipinski definition) is 2. The molecule has 1 N–H and O–H groups in total. The van der Waals surface area contributed by atoms with Crippen LogP contribution in [0, 0.1) is 0 Å². The first-order valence-electron chi connectivity index (χ1n) is 12.3. The molecule has 174 valence electrons. The first kappa shape index (κ1) is 23.9. The minimum absolute atomic E-state index is 0.432. The predicted octanol–water partition coefficient (Wildman–Crippen LogP) is 7.59. The number of benzene rings is 4. The van der Waals surface area contributed by atoms with Crippen molar-refractivity contribution in [2.75, 3.05) is 0 Å². The summed E-state index contributed by atoms with van der Waals surface area (Å²) in [7, 11) is 0. The summed E-state index contributed by atoms with van der Waals surface area (Å²) in [5, 5.41) is 12.3. The van der Waals surface area contributed by atoms with E-state index in [1.165, 1.54) is 11.1 Å². The molecule has 4 aromatic rings. The smallest absolute Gasteiger partial charge is 0.220 e. The highest BCUT2D eigenvalue weighted by Crippen LogP contribution is 2.39. The van der Waals surface area contributed by atoms with Gasteiger partial charge in [-0.05, 0) is 35.1 Å². The number of aliphatic hydroxyl groups is 1. The number of rotatable bonds is 10. The summed E-state index contributed by atoms with van der Waals surface area (Å²) in [4.78, 5) is 0. The zero-order chi connectivity index (χ0) is 23.8. The van der Waals surface area contributed by atoms with Gasteiger partial charge < -0.3 is 9.84 Å². The van der Waals surface area contributed by atoms with Crippen LogP contribution in [0.25, 0.3) is 0 Å². The molecular formula is C32H34O2. The van der Waals surface area contributed by atoms with Crippen molar-refractivity contribution >= 4 is 0 Å². The van der Waals surface area contributed by atoms with Crippen LogP contribution < -0.4 is 0 Å². The Balaban J connectivity index is 1.80. The molecule has 0 saturated carbocycles. The van der Waals surface area contributed by atoms with Crippen LogP contribution in [0.15, 0.2) is 109 Å². The van der Waals surface area contributed by atoms with Crippen LogP contribution in [0.2, 0.25) is 0 Å². The Morgan fingerprint density at radius 3 is 1.32 bits per heavy atom. The standard InChI is InChI=1S/C32H34O2/c1-3-11-25-17-21-29(22-18-25)32(33,30-23-19-26(12-4-2)20-24-30)34-31(27-13-7-5-8-14-27)28-15-9-6-10-16-28/h5-10,13-24,31,33H,3-4,11-12H2,1-2H3. The highest BCUT2D eigenvalue weighted by molar-refractivity contribution is 5.38. The Kier molecular flexibility index (Phi) is 7.95. The summed E-state index contributed by atoms with van der Waals surface area (Å²) in [6.07, 6.45) is 3.77. The van der Waals surface area contributed by atoms with E-state index in [1.807, 2.05) is 84.9 Å². The van der Waals surface area contributed by atoms with Gasteiger partial charge in [-0.15, -0.1) is 0 Å². The third-order valence-corrected chi connectivity index (χ3v) is 6.26. The first-order valence-corrected chi connectivity index (χ1v) is 12.3. The Labute approximate surface area is 203 Å². The lowest BCUT2D eigenvalue weighted by Gasteiger charge is -2.34. The molecule has 4 rings (SSSR count). The molecule has 34 heavy (non-hydrogen) atoms. The van der Waals surface area contributed by atoms with Gasteiger partial charge in [-0.25, -0.2) is 0 Å². The molecule has 2 nitrogen and oxygen atoms in total. The zero-order valence-electron chi connectivity index (χ0n) is 20.2. The molecule has 0 spiro atoms. The fourth-order valence-electron chi connectivity index (χ4n) is 4.43. The summed E-state index contributed by atoms with van der Waals surface area (Å²) in [6.45, 7) is 4.35. The van der Waals surface area contributed by atoms with Crippen molar-refractivity contribution in [3.8, 4) is 0 Å². The molecule has 0 radical (unpaired) electrons. The second kappa shape index (κ2) is 11.3. The highest BCUT2D eigenvalue weighted by atomic mass is 16.6. The topological polar surface area (TPSA) is 29.5 Å². The zero-order valence-corrected chi connectivity index (χ0v) is 20.2. The van der Waals surface area contributed by atoms with Gasteiger partial charge in [0.1, 0.15) is 6.10 Å². The van der Waals surface area contributed by atoms with Gasteiger partial charge in [-0.2, -0.15) is 0 Å². The molecule has 0 aromatic heterocycles. The van der Waals surface area contributed by atoms with Gasteiger partial charge in [-0.3, -0.25) is 0 Å². The van der Waals surface area contributed by atoms with E-state index in [0.717, 1.165) is 47.9 Å². The van der Waals surface area contributed by atoms with Crippen molar-refractivity contribution < 1.29 is 9.84 Å². The van der Waals surface area contributed by atoms with Crippen molar-refractivity contribution in [2.24, 2.45) is 0 Å². The summed E-state index contributed by atoms with van der Waals surface area (Å²) in [6, 6.07) is 36.6. The molecule has 0 aliphatic carbocycles. The molecule has 0 atom stereocenters. The molecule has 2 heteroatoms. The molecular weight excluding hydrogens is 416 g/mol. The summed E-state index contributed by atoms with van der Waals surface area (Å²) in [5.41, 5.74) is 5.97. The Hall–Kier alpha value is -3.20. The van der Waals surface area contributed by atoms with Gasteiger partial charge in [0, 0.05) is 11.1 Å². The minimum atomic E-state index is -1.61. The van der Waals surface area contributed by atoms with E-state index in [-0.39, 0.29) is 0 Å². The van der Waals surface area contributed by atoms with Gasteiger partial charge >= 0.3 is 0 Å². The van der Waals surface area contributed by atoms with Crippen LogP contribution in [0.4, 0.5) is 0 Å². The Morgan fingerprint density at radius 1 is 0.588 bits per heavy atom. The summed E-state index contributed by atoms with van der Waals surface area (Å²) >= 11 is 0.